The van der Waals surface area contributed by atoms with Gasteiger partial charge in [0.1, 0.15) is 11.5 Å². The number of anilines is 4. The van der Waals surface area contributed by atoms with Crippen molar-refractivity contribution in [3.63, 3.8) is 0 Å². The maximum Gasteiger partial charge on any atom is 0.341 e. The Morgan fingerprint density at radius 3 is 1.24 bits per heavy atom. The molecule has 232 valence electrons. The van der Waals surface area contributed by atoms with Crippen LogP contribution in [0.15, 0.2) is 84.9 Å². The van der Waals surface area contributed by atoms with Gasteiger partial charge in [-0.25, -0.2) is 19.2 Å². The smallest absolute Gasteiger partial charge is 0.341 e. The third kappa shape index (κ3) is 6.75. The number of fused-ring (bicyclic) bond motifs is 2. The summed E-state index contributed by atoms with van der Waals surface area (Å²) in [6.45, 7) is -1.74. The van der Waals surface area contributed by atoms with Gasteiger partial charge >= 0.3 is 24.0 Å². The number of amides is 4. The first-order valence-electron chi connectivity index (χ1n) is 13.5. The molecule has 0 heterocycles. The van der Waals surface area contributed by atoms with Gasteiger partial charge in [-0.15, -0.1) is 0 Å². The fourth-order valence-electron chi connectivity index (χ4n) is 4.68. The summed E-state index contributed by atoms with van der Waals surface area (Å²) in [6, 6.07) is 20.2. The second-order valence-corrected chi connectivity index (χ2v) is 9.64. The number of benzene rings is 4. The Balaban J connectivity index is 1.61. The predicted octanol–water partition coefficient (Wildman–Crippen LogP) is 4.68. The summed E-state index contributed by atoms with van der Waals surface area (Å²) in [5.41, 5.74) is -0.919. The molecule has 4 aromatic carbocycles. The molecule has 0 spiro atoms. The van der Waals surface area contributed by atoms with Crippen LogP contribution in [-0.4, -0.2) is 59.0 Å². The van der Waals surface area contributed by atoms with Crippen molar-refractivity contribution in [2.75, 3.05) is 34.5 Å². The molecule has 1 aliphatic carbocycles. The summed E-state index contributed by atoms with van der Waals surface area (Å²) in [4.78, 5) is 76.9. The maximum atomic E-state index is 14.3. The Hall–Kier alpha value is -6.70. The topological polar surface area (TPSA) is 209 Å². The van der Waals surface area contributed by atoms with Crippen molar-refractivity contribution in [1.29, 1.82) is 0 Å². The molecule has 0 bridgehead atoms. The molecule has 0 atom stereocenters. The summed E-state index contributed by atoms with van der Waals surface area (Å²) in [7, 11) is 0. The van der Waals surface area contributed by atoms with Gasteiger partial charge in [0, 0.05) is 11.4 Å². The lowest BCUT2D eigenvalue weighted by Gasteiger charge is -2.26. The standard InChI is InChI=1S/C32H24N4O10/c37-23(38)15-45-21-13-11-19(35-31(43)33-17-7-3-1-4-8-17)25-27(21)30(42)28-22(46-16-24(39)40)14-12-20(26(28)29(25)41)36-32(44)34-18-9-5-2-6-10-18/h1-14H,15-16H2,(H,37,38)(H,39,40)(H2,33,35,43)(H2,34,36,44). The van der Waals surface area contributed by atoms with Gasteiger partial charge in [-0.1, -0.05) is 36.4 Å². The van der Waals surface area contributed by atoms with E-state index in [4.69, 9.17) is 9.47 Å². The second-order valence-electron chi connectivity index (χ2n) is 9.64. The molecule has 1 aliphatic rings. The number of carboxylic acid groups (broad SMARTS) is 2. The third-order valence-corrected chi connectivity index (χ3v) is 6.50. The van der Waals surface area contributed by atoms with Crippen LogP contribution in [0.1, 0.15) is 31.8 Å². The van der Waals surface area contributed by atoms with Crippen molar-refractivity contribution in [2.24, 2.45) is 0 Å². The monoisotopic (exact) mass is 624 g/mol. The maximum absolute atomic E-state index is 14.3. The van der Waals surface area contributed by atoms with Crippen LogP contribution in [0, 0.1) is 0 Å². The quantitative estimate of drug-likeness (QED) is 0.126. The van der Waals surface area contributed by atoms with Crippen LogP contribution in [0.2, 0.25) is 0 Å². The lowest BCUT2D eigenvalue weighted by atomic mass is 9.81. The molecule has 46 heavy (non-hydrogen) atoms. The molecule has 6 N–H and O–H groups in total. The summed E-state index contributed by atoms with van der Waals surface area (Å²) in [5, 5.41) is 28.7. The van der Waals surface area contributed by atoms with Crippen molar-refractivity contribution in [3.8, 4) is 11.5 Å². The minimum atomic E-state index is -1.37. The number of rotatable bonds is 10. The molecule has 4 amide bonds. The Labute approximate surface area is 260 Å². The Morgan fingerprint density at radius 2 is 0.870 bits per heavy atom. The van der Waals surface area contributed by atoms with Crippen molar-refractivity contribution in [1.82, 2.24) is 0 Å². The molecule has 0 radical (unpaired) electrons. The first-order valence-corrected chi connectivity index (χ1v) is 13.5. The van der Waals surface area contributed by atoms with E-state index in [9.17, 15) is 39.0 Å². The molecule has 0 aromatic heterocycles. The molecule has 4 aromatic rings. The van der Waals surface area contributed by atoms with Crippen molar-refractivity contribution in [2.45, 2.75) is 0 Å². The average Bonchev–Trinajstić information content (AvgIpc) is 3.02. The molecule has 14 heteroatoms. The summed E-state index contributed by atoms with van der Waals surface area (Å²) in [5.74, 6) is -5.11. The van der Waals surface area contributed by atoms with Crippen LogP contribution < -0.4 is 30.7 Å². The van der Waals surface area contributed by atoms with E-state index in [1.165, 1.54) is 24.3 Å². The third-order valence-electron chi connectivity index (χ3n) is 6.50. The first kappa shape index (κ1) is 30.7. The van der Waals surface area contributed by atoms with Gasteiger partial charge in [-0.3, -0.25) is 9.59 Å². The number of ketones is 2. The molecule has 0 aliphatic heterocycles. The number of aliphatic carboxylic acids is 2. The number of carboxylic acids is 2. The van der Waals surface area contributed by atoms with E-state index in [1.54, 1.807) is 60.7 Å². The van der Waals surface area contributed by atoms with Gasteiger partial charge in [0.15, 0.2) is 19.0 Å². The number of hydrogen-bond acceptors (Lipinski definition) is 8. The summed E-state index contributed by atoms with van der Waals surface area (Å²) >= 11 is 0. The number of hydrogen-bond donors (Lipinski definition) is 6. The number of para-hydroxylation sites is 2. The highest BCUT2D eigenvalue weighted by Crippen LogP contribution is 2.43. The average molecular weight is 625 g/mol. The molecule has 0 saturated heterocycles. The zero-order valence-corrected chi connectivity index (χ0v) is 23.7. The van der Waals surface area contributed by atoms with Crippen LogP contribution in [-0.2, 0) is 9.59 Å². The van der Waals surface area contributed by atoms with Crippen LogP contribution in [0.25, 0.3) is 0 Å². The number of carbonyl (C=O) groups is 6. The number of ether oxygens (including phenoxy) is 2. The Kier molecular flexibility index (Phi) is 8.89. The van der Waals surface area contributed by atoms with E-state index in [2.05, 4.69) is 21.3 Å². The van der Waals surface area contributed by atoms with E-state index in [0.29, 0.717) is 11.4 Å². The van der Waals surface area contributed by atoms with Crippen molar-refractivity contribution >= 4 is 58.3 Å². The molecule has 14 nitrogen and oxygen atoms in total. The molecule has 5 rings (SSSR count). The van der Waals surface area contributed by atoms with Crippen molar-refractivity contribution in [3.05, 3.63) is 107 Å². The van der Waals surface area contributed by atoms with Gasteiger partial charge in [-0.2, -0.15) is 0 Å². The molecule has 0 unspecified atom stereocenters. The highest BCUT2D eigenvalue weighted by atomic mass is 16.5. The van der Waals surface area contributed by atoms with E-state index in [1.807, 2.05) is 0 Å². The molecule has 0 saturated carbocycles. The first-order chi connectivity index (χ1) is 22.1. The normalized spacial score (nSPS) is 11.4. The zero-order valence-electron chi connectivity index (χ0n) is 23.7. The Morgan fingerprint density at radius 1 is 0.500 bits per heavy atom. The lowest BCUT2D eigenvalue weighted by Crippen LogP contribution is -2.29. The largest absolute Gasteiger partial charge is 0.481 e. The van der Waals surface area contributed by atoms with Crippen molar-refractivity contribution < 1.29 is 48.5 Å². The highest BCUT2D eigenvalue weighted by molar-refractivity contribution is 6.34. The molecular formula is C32H24N4O10. The Bertz CT molecular complexity index is 1740. The predicted molar refractivity (Wildman–Crippen MR) is 164 cm³/mol. The van der Waals surface area contributed by atoms with Crippen LogP contribution in [0.5, 0.6) is 11.5 Å². The lowest BCUT2D eigenvalue weighted by molar-refractivity contribution is -0.140. The van der Waals surface area contributed by atoms with E-state index in [0.717, 1.165) is 0 Å². The fraction of sp³-hybridized carbons (Fsp3) is 0.0625. The minimum absolute atomic E-state index is 0.133. The highest BCUT2D eigenvalue weighted by Gasteiger charge is 2.39. The summed E-state index contributed by atoms with van der Waals surface area (Å²) < 4.78 is 10.7. The van der Waals surface area contributed by atoms with Gasteiger partial charge in [0.2, 0.25) is 5.78 Å². The molecular weight excluding hydrogens is 600 g/mol. The van der Waals surface area contributed by atoms with Gasteiger partial charge < -0.3 is 41.0 Å². The minimum Gasteiger partial charge on any atom is -0.481 e. The van der Waals surface area contributed by atoms with E-state index >= 15 is 0 Å². The van der Waals surface area contributed by atoms with Gasteiger partial charge in [-0.05, 0) is 48.5 Å². The molecule has 0 fully saturated rings. The van der Waals surface area contributed by atoms with Gasteiger partial charge in [0.25, 0.3) is 0 Å². The number of carbonyl (C=O) groups excluding carboxylic acids is 4. The summed E-state index contributed by atoms with van der Waals surface area (Å²) in [6.07, 6.45) is 0. The van der Waals surface area contributed by atoms with E-state index in [-0.39, 0.29) is 34.0 Å². The number of nitrogens with one attached hydrogen (secondary N) is 4. The van der Waals surface area contributed by atoms with Crippen LogP contribution >= 0.6 is 0 Å². The van der Waals surface area contributed by atoms with Gasteiger partial charge in [0.05, 0.1) is 33.6 Å². The van der Waals surface area contributed by atoms with Crippen LogP contribution in [0.3, 0.4) is 0 Å². The van der Waals surface area contributed by atoms with Crippen LogP contribution in [0.4, 0.5) is 32.3 Å². The zero-order chi connectivity index (χ0) is 32.8. The second kappa shape index (κ2) is 13.3. The number of urea groups is 2. The SMILES string of the molecule is O=C(O)COc1ccc(NC(=O)Nc2ccccc2)c2c1C(=O)c1c(OCC(=O)O)ccc(NC(=O)Nc3ccccc3)c1C2=O. The van der Waals surface area contributed by atoms with E-state index < -0.39 is 59.9 Å². The fourth-order valence-corrected chi connectivity index (χ4v) is 4.68.